The molecule has 0 spiro atoms. The van der Waals surface area contributed by atoms with E-state index in [1.54, 1.807) is 19.1 Å². The zero-order chi connectivity index (χ0) is 14.6. The average Bonchev–Trinajstić information content (AvgIpc) is 2.93. The van der Waals surface area contributed by atoms with Gasteiger partial charge in [-0.1, -0.05) is 0 Å². The lowest BCUT2D eigenvalue weighted by atomic mass is 10.3. The second-order valence-corrected chi connectivity index (χ2v) is 6.99. The van der Waals surface area contributed by atoms with Gasteiger partial charge in [-0.2, -0.15) is 4.31 Å². The SMILES string of the molecule is CC(O)CCNc1ccc(S(=O)(=O)N2CCCC2)cn1. The van der Waals surface area contributed by atoms with Crippen LogP contribution in [0.15, 0.2) is 23.2 Å². The Labute approximate surface area is 119 Å². The Morgan fingerprint density at radius 1 is 1.40 bits per heavy atom. The van der Waals surface area contributed by atoms with Crippen LogP contribution in [0.3, 0.4) is 0 Å². The van der Waals surface area contributed by atoms with Crippen LogP contribution in [0.25, 0.3) is 0 Å². The van der Waals surface area contributed by atoms with Crippen molar-refractivity contribution in [3.8, 4) is 0 Å². The average molecular weight is 299 g/mol. The highest BCUT2D eigenvalue weighted by Gasteiger charge is 2.27. The maximum absolute atomic E-state index is 12.3. The highest BCUT2D eigenvalue weighted by molar-refractivity contribution is 7.89. The number of pyridine rings is 1. The lowest BCUT2D eigenvalue weighted by Crippen LogP contribution is -2.27. The third-order valence-electron chi connectivity index (χ3n) is 3.31. The maximum Gasteiger partial charge on any atom is 0.244 e. The summed E-state index contributed by atoms with van der Waals surface area (Å²) in [7, 11) is -3.39. The number of rotatable bonds is 6. The van der Waals surface area contributed by atoms with Crippen LogP contribution in [0.4, 0.5) is 5.82 Å². The number of sulfonamides is 1. The van der Waals surface area contributed by atoms with E-state index in [0.717, 1.165) is 12.8 Å². The predicted octanol–water partition coefficient (Wildman–Crippen LogP) is 1.05. The van der Waals surface area contributed by atoms with Crippen LogP contribution in [0.2, 0.25) is 0 Å². The van der Waals surface area contributed by atoms with E-state index in [0.29, 0.717) is 31.9 Å². The summed E-state index contributed by atoms with van der Waals surface area (Å²) in [5, 5.41) is 12.2. The van der Waals surface area contributed by atoms with Crippen LogP contribution in [0.5, 0.6) is 0 Å². The van der Waals surface area contributed by atoms with Crippen LogP contribution in [-0.4, -0.2) is 48.6 Å². The number of anilines is 1. The zero-order valence-corrected chi connectivity index (χ0v) is 12.4. The number of hydrogen-bond donors (Lipinski definition) is 2. The van der Waals surface area contributed by atoms with Crippen molar-refractivity contribution in [1.29, 1.82) is 0 Å². The monoisotopic (exact) mass is 299 g/mol. The van der Waals surface area contributed by atoms with Gasteiger partial charge in [0.1, 0.15) is 10.7 Å². The summed E-state index contributed by atoms with van der Waals surface area (Å²) < 4.78 is 26.1. The number of aliphatic hydroxyl groups is 1. The molecule has 6 nitrogen and oxygen atoms in total. The first-order chi connectivity index (χ1) is 9.50. The molecule has 0 amide bonds. The molecule has 7 heteroatoms. The molecule has 1 unspecified atom stereocenters. The molecular formula is C13H21N3O3S. The fourth-order valence-corrected chi connectivity index (χ4v) is 3.59. The third kappa shape index (κ3) is 3.68. The molecular weight excluding hydrogens is 278 g/mol. The molecule has 2 N–H and O–H groups in total. The van der Waals surface area contributed by atoms with Gasteiger partial charge in [-0.05, 0) is 38.3 Å². The summed E-state index contributed by atoms with van der Waals surface area (Å²) >= 11 is 0. The Hall–Kier alpha value is -1.18. The molecule has 112 valence electrons. The summed E-state index contributed by atoms with van der Waals surface area (Å²) in [4.78, 5) is 4.35. The summed E-state index contributed by atoms with van der Waals surface area (Å²) in [5.74, 6) is 0.617. The zero-order valence-electron chi connectivity index (χ0n) is 11.6. The normalized spacial score (nSPS) is 18.1. The van der Waals surface area contributed by atoms with E-state index in [9.17, 15) is 8.42 Å². The van der Waals surface area contributed by atoms with E-state index in [1.165, 1.54) is 10.5 Å². The van der Waals surface area contributed by atoms with E-state index in [4.69, 9.17) is 5.11 Å². The molecule has 0 aromatic carbocycles. The molecule has 1 aliphatic heterocycles. The summed E-state index contributed by atoms with van der Waals surface area (Å²) in [5.41, 5.74) is 0. The number of aromatic nitrogens is 1. The van der Waals surface area contributed by atoms with Crippen molar-refractivity contribution in [2.75, 3.05) is 25.0 Å². The van der Waals surface area contributed by atoms with Gasteiger partial charge in [0.15, 0.2) is 0 Å². The van der Waals surface area contributed by atoms with Gasteiger partial charge in [0, 0.05) is 25.8 Å². The predicted molar refractivity (Wildman–Crippen MR) is 77.0 cm³/mol. The van der Waals surface area contributed by atoms with Gasteiger partial charge in [-0.15, -0.1) is 0 Å². The molecule has 0 radical (unpaired) electrons. The largest absolute Gasteiger partial charge is 0.393 e. The van der Waals surface area contributed by atoms with Crippen LogP contribution in [0, 0.1) is 0 Å². The topological polar surface area (TPSA) is 82.5 Å². The van der Waals surface area contributed by atoms with Crippen LogP contribution >= 0.6 is 0 Å². The van der Waals surface area contributed by atoms with E-state index in [-0.39, 0.29) is 11.0 Å². The fraction of sp³-hybridized carbons (Fsp3) is 0.615. The van der Waals surface area contributed by atoms with Crippen LogP contribution in [-0.2, 0) is 10.0 Å². The molecule has 1 aromatic heterocycles. The van der Waals surface area contributed by atoms with Crippen molar-refractivity contribution in [1.82, 2.24) is 9.29 Å². The molecule has 1 fully saturated rings. The lowest BCUT2D eigenvalue weighted by Gasteiger charge is -2.15. The smallest absolute Gasteiger partial charge is 0.244 e. The van der Waals surface area contributed by atoms with Gasteiger partial charge in [-0.25, -0.2) is 13.4 Å². The van der Waals surface area contributed by atoms with E-state index in [2.05, 4.69) is 10.3 Å². The molecule has 1 aliphatic rings. The van der Waals surface area contributed by atoms with Crippen molar-refractivity contribution in [3.05, 3.63) is 18.3 Å². The fourth-order valence-electron chi connectivity index (χ4n) is 2.12. The molecule has 1 atom stereocenters. The van der Waals surface area contributed by atoms with Gasteiger partial charge in [0.05, 0.1) is 6.10 Å². The number of nitrogens with zero attached hydrogens (tertiary/aromatic N) is 2. The highest BCUT2D eigenvalue weighted by atomic mass is 32.2. The molecule has 20 heavy (non-hydrogen) atoms. The van der Waals surface area contributed by atoms with Crippen molar-refractivity contribution >= 4 is 15.8 Å². The van der Waals surface area contributed by atoms with Crippen LogP contribution < -0.4 is 5.32 Å². The Kier molecular flexibility index (Phi) is 4.95. The van der Waals surface area contributed by atoms with Gasteiger partial charge < -0.3 is 10.4 Å². The third-order valence-corrected chi connectivity index (χ3v) is 5.19. The molecule has 0 saturated carbocycles. The maximum atomic E-state index is 12.3. The second kappa shape index (κ2) is 6.51. The standard InChI is InChI=1S/C13H21N3O3S/c1-11(17)6-7-14-13-5-4-12(10-15-13)20(18,19)16-8-2-3-9-16/h4-5,10-11,17H,2-3,6-9H2,1H3,(H,14,15). The van der Waals surface area contributed by atoms with E-state index >= 15 is 0 Å². The minimum atomic E-state index is -3.39. The number of aliphatic hydroxyl groups excluding tert-OH is 1. The summed E-state index contributed by atoms with van der Waals surface area (Å²) in [6.07, 6.45) is 3.49. The molecule has 0 aliphatic carbocycles. The quantitative estimate of drug-likeness (QED) is 0.820. The van der Waals surface area contributed by atoms with Crippen molar-refractivity contribution < 1.29 is 13.5 Å². The molecule has 2 heterocycles. The van der Waals surface area contributed by atoms with E-state index < -0.39 is 10.0 Å². The minimum Gasteiger partial charge on any atom is -0.393 e. The highest BCUT2D eigenvalue weighted by Crippen LogP contribution is 2.20. The first-order valence-electron chi connectivity index (χ1n) is 6.88. The van der Waals surface area contributed by atoms with Gasteiger partial charge >= 0.3 is 0 Å². The summed E-state index contributed by atoms with van der Waals surface area (Å²) in [6, 6.07) is 3.23. The second-order valence-electron chi connectivity index (χ2n) is 5.05. The Balaban J connectivity index is 2.00. The number of nitrogens with one attached hydrogen (secondary N) is 1. The van der Waals surface area contributed by atoms with Crippen molar-refractivity contribution in [2.45, 2.75) is 37.2 Å². The molecule has 1 aromatic rings. The van der Waals surface area contributed by atoms with Crippen molar-refractivity contribution in [3.63, 3.8) is 0 Å². The first kappa shape index (κ1) is 15.2. The molecule has 2 rings (SSSR count). The lowest BCUT2D eigenvalue weighted by molar-refractivity contribution is 0.188. The van der Waals surface area contributed by atoms with E-state index in [1.807, 2.05) is 0 Å². The van der Waals surface area contributed by atoms with Gasteiger partial charge in [0.2, 0.25) is 10.0 Å². The van der Waals surface area contributed by atoms with Gasteiger partial charge in [0.25, 0.3) is 0 Å². The Morgan fingerprint density at radius 2 is 2.10 bits per heavy atom. The summed E-state index contributed by atoms with van der Waals surface area (Å²) in [6.45, 7) is 3.51. The number of hydrogen-bond acceptors (Lipinski definition) is 5. The van der Waals surface area contributed by atoms with Crippen LogP contribution in [0.1, 0.15) is 26.2 Å². The minimum absolute atomic E-state index is 0.237. The van der Waals surface area contributed by atoms with Gasteiger partial charge in [-0.3, -0.25) is 0 Å². The van der Waals surface area contributed by atoms with Crippen molar-refractivity contribution in [2.24, 2.45) is 0 Å². The molecule has 1 saturated heterocycles. The first-order valence-corrected chi connectivity index (χ1v) is 8.32. The molecule has 0 bridgehead atoms. The Bertz CT molecular complexity index is 522. The Morgan fingerprint density at radius 3 is 2.65 bits per heavy atom.